The van der Waals surface area contributed by atoms with Crippen LogP contribution in [-0.4, -0.2) is 27.5 Å². The Morgan fingerprint density at radius 3 is 2.61 bits per heavy atom. The summed E-state index contributed by atoms with van der Waals surface area (Å²) in [5, 5.41) is 3.37. The maximum absolute atomic E-state index is 5.78. The van der Waals surface area contributed by atoms with Gasteiger partial charge < -0.3 is 11.1 Å². The second-order valence-corrected chi connectivity index (χ2v) is 6.94. The number of aryl methyl sites for hydroxylation is 2. The molecule has 0 spiro atoms. The molecule has 0 saturated carbocycles. The molecule has 1 rings (SSSR count). The number of thiocarbonyl (C=S) groups is 1. The maximum Gasteiger partial charge on any atom is 0.136 e. The van der Waals surface area contributed by atoms with Gasteiger partial charge >= 0.3 is 0 Å². The molecule has 0 atom stereocenters. The summed E-state index contributed by atoms with van der Waals surface area (Å²) in [5.74, 6) is 0.794. The summed E-state index contributed by atoms with van der Waals surface area (Å²) in [6.07, 6.45) is 2.10. The number of nitrogens with one attached hydrogen (secondary N) is 1. The molecule has 0 saturated heterocycles. The highest BCUT2D eigenvalue weighted by atomic mass is 32.2. The van der Waals surface area contributed by atoms with Gasteiger partial charge in [-0.25, -0.2) is 4.98 Å². The number of thioether (sulfide) groups is 1. The van der Waals surface area contributed by atoms with E-state index < -0.39 is 0 Å². The molecule has 0 aromatic carbocycles. The lowest BCUT2D eigenvalue weighted by molar-refractivity contribution is 0.749. The summed E-state index contributed by atoms with van der Waals surface area (Å²) < 4.78 is 0.146. The number of hydrogen-bond donors (Lipinski definition) is 2. The number of hydrogen-bond acceptors (Lipinski definition) is 4. The predicted octanol–water partition coefficient (Wildman–Crippen LogP) is 2.89. The van der Waals surface area contributed by atoms with Crippen LogP contribution in [0.2, 0.25) is 0 Å². The Morgan fingerprint density at radius 1 is 1.50 bits per heavy atom. The van der Waals surface area contributed by atoms with Crippen LogP contribution >= 0.6 is 24.0 Å². The first-order valence-corrected chi connectivity index (χ1v) is 7.47. The van der Waals surface area contributed by atoms with E-state index in [-0.39, 0.29) is 4.75 Å². The smallest absolute Gasteiger partial charge is 0.136 e. The Balaban J connectivity index is 3.04. The molecular weight excluding hydrogens is 262 g/mol. The van der Waals surface area contributed by atoms with E-state index in [1.165, 1.54) is 0 Å². The minimum absolute atomic E-state index is 0.146. The molecule has 0 amide bonds. The second kappa shape index (κ2) is 5.89. The van der Waals surface area contributed by atoms with Crippen molar-refractivity contribution >= 4 is 34.8 Å². The van der Waals surface area contributed by atoms with Crippen molar-refractivity contribution in [3.05, 3.63) is 22.9 Å². The Morgan fingerprint density at radius 2 is 2.11 bits per heavy atom. The van der Waals surface area contributed by atoms with Crippen LogP contribution in [0.5, 0.6) is 0 Å². The Labute approximate surface area is 119 Å². The number of pyridine rings is 1. The van der Waals surface area contributed by atoms with Gasteiger partial charge in [-0.15, -0.1) is 0 Å². The molecule has 0 aliphatic rings. The predicted molar refractivity (Wildman–Crippen MR) is 85.7 cm³/mol. The standard InChI is InChI=1S/C13H21N3S2/c1-8-6-9(2)16-12(10(8)11(14)17)15-7-13(3,4)18-5/h6H,7H2,1-5H3,(H2,14,17)(H,15,16). The summed E-state index contributed by atoms with van der Waals surface area (Å²) in [6.45, 7) is 9.18. The molecule has 0 aliphatic carbocycles. The SMILES string of the molecule is CSC(C)(C)CNc1nc(C)cc(C)c1C(N)=S. The minimum Gasteiger partial charge on any atom is -0.389 e. The van der Waals surface area contributed by atoms with Crippen LogP contribution in [0, 0.1) is 13.8 Å². The molecule has 18 heavy (non-hydrogen) atoms. The van der Waals surface area contributed by atoms with Gasteiger partial charge in [-0.2, -0.15) is 11.8 Å². The second-order valence-electron chi connectivity index (χ2n) is 4.99. The molecule has 3 nitrogen and oxygen atoms in total. The lowest BCUT2D eigenvalue weighted by atomic mass is 10.1. The quantitative estimate of drug-likeness (QED) is 0.814. The van der Waals surface area contributed by atoms with Gasteiger partial charge in [-0.3, -0.25) is 0 Å². The minimum atomic E-state index is 0.146. The van der Waals surface area contributed by atoms with Gasteiger partial charge in [0.2, 0.25) is 0 Å². The Hall–Kier alpha value is -0.810. The summed E-state index contributed by atoms with van der Waals surface area (Å²) in [5.41, 5.74) is 8.68. The first-order valence-electron chi connectivity index (χ1n) is 5.84. The molecule has 1 aromatic heterocycles. The van der Waals surface area contributed by atoms with E-state index >= 15 is 0 Å². The molecule has 1 heterocycles. The third-order valence-electron chi connectivity index (χ3n) is 2.83. The fraction of sp³-hybridized carbons (Fsp3) is 0.538. The number of nitrogens with two attached hydrogens (primary N) is 1. The number of aromatic nitrogens is 1. The van der Waals surface area contributed by atoms with Gasteiger partial charge in [0.05, 0.1) is 5.56 Å². The average molecular weight is 283 g/mol. The monoisotopic (exact) mass is 283 g/mol. The molecule has 0 unspecified atom stereocenters. The van der Waals surface area contributed by atoms with Gasteiger partial charge in [0, 0.05) is 17.0 Å². The molecule has 0 radical (unpaired) electrons. The van der Waals surface area contributed by atoms with Gasteiger partial charge in [0.1, 0.15) is 10.8 Å². The highest BCUT2D eigenvalue weighted by Crippen LogP contribution is 2.24. The zero-order valence-electron chi connectivity index (χ0n) is 11.6. The molecule has 1 aromatic rings. The van der Waals surface area contributed by atoms with E-state index in [1.807, 2.05) is 31.7 Å². The van der Waals surface area contributed by atoms with Crippen molar-refractivity contribution in [3.8, 4) is 0 Å². The topological polar surface area (TPSA) is 50.9 Å². The van der Waals surface area contributed by atoms with Crippen LogP contribution in [0.1, 0.15) is 30.7 Å². The lowest BCUT2D eigenvalue weighted by Crippen LogP contribution is -2.28. The van der Waals surface area contributed by atoms with Gasteiger partial charge in [-0.05, 0) is 45.6 Å². The van der Waals surface area contributed by atoms with E-state index in [0.717, 1.165) is 29.2 Å². The van der Waals surface area contributed by atoms with E-state index in [2.05, 4.69) is 30.4 Å². The Bertz CT molecular complexity index is 456. The van der Waals surface area contributed by atoms with Crippen LogP contribution in [0.3, 0.4) is 0 Å². The van der Waals surface area contributed by atoms with Crippen molar-refractivity contribution in [2.45, 2.75) is 32.4 Å². The van der Waals surface area contributed by atoms with Gasteiger partial charge in [0.15, 0.2) is 0 Å². The van der Waals surface area contributed by atoms with Crippen LogP contribution in [0.4, 0.5) is 5.82 Å². The maximum atomic E-state index is 5.78. The summed E-state index contributed by atoms with van der Waals surface area (Å²) >= 11 is 6.92. The number of nitrogens with zero attached hydrogens (tertiary/aromatic N) is 1. The van der Waals surface area contributed by atoms with Gasteiger partial charge in [-0.1, -0.05) is 12.2 Å². The molecule has 100 valence electrons. The molecule has 0 aliphatic heterocycles. The third-order valence-corrected chi connectivity index (χ3v) is 4.28. The van der Waals surface area contributed by atoms with Crippen LogP contribution in [0.25, 0.3) is 0 Å². The normalized spacial score (nSPS) is 11.4. The zero-order chi connectivity index (χ0) is 13.9. The van der Waals surface area contributed by atoms with E-state index in [4.69, 9.17) is 18.0 Å². The van der Waals surface area contributed by atoms with Crippen molar-refractivity contribution in [2.75, 3.05) is 18.1 Å². The van der Waals surface area contributed by atoms with E-state index in [0.29, 0.717) is 4.99 Å². The fourth-order valence-electron chi connectivity index (χ4n) is 1.64. The Kier molecular flexibility index (Phi) is 4.99. The van der Waals surface area contributed by atoms with Crippen LogP contribution in [-0.2, 0) is 0 Å². The van der Waals surface area contributed by atoms with Crippen molar-refractivity contribution < 1.29 is 0 Å². The van der Waals surface area contributed by atoms with Crippen molar-refractivity contribution in [1.82, 2.24) is 4.98 Å². The highest BCUT2D eigenvalue weighted by Gasteiger charge is 2.18. The lowest BCUT2D eigenvalue weighted by Gasteiger charge is -2.24. The highest BCUT2D eigenvalue weighted by molar-refractivity contribution is 7.99. The summed E-state index contributed by atoms with van der Waals surface area (Å²) in [7, 11) is 0. The zero-order valence-corrected chi connectivity index (χ0v) is 13.3. The summed E-state index contributed by atoms with van der Waals surface area (Å²) in [4.78, 5) is 4.90. The van der Waals surface area contributed by atoms with Crippen molar-refractivity contribution in [3.63, 3.8) is 0 Å². The molecule has 5 heteroatoms. The van der Waals surface area contributed by atoms with Gasteiger partial charge in [0.25, 0.3) is 0 Å². The summed E-state index contributed by atoms with van der Waals surface area (Å²) in [6, 6.07) is 2.00. The first-order chi connectivity index (χ1) is 8.26. The first kappa shape index (κ1) is 15.2. The third kappa shape index (κ3) is 3.85. The van der Waals surface area contributed by atoms with Crippen LogP contribution < -0.4 is 11.1 Å². The average Bonchev–Trinajstić information content (AvgIpc) is 2.25. The molecule has 0 bridgehead atoms. The fourth-order valence-corrected chi connectivity index (χ4v) is 2.12. The largest absolute Gasteiger partial charge is 0.389 e. The van der Waals surface area contributed by atoms with E-state index in [1.54, 1.807) is 0 Å². The molecule has 0 fully saturated rings. The van der Waals surface area contributed by atoms with E-state index in [9.17, 15) is 0 Å². The molecule has 3 N–H and O–H groups in total. The molecular formula is C13H21N3S2. The number of anilines is 1. The van der Waals surface area contributed by atoms with Crippen LogP contribution in [0.15, 0.2) is 6.07 Å². The van der Waals surface area contributed by atoms with Crippen molar-refractivity contribution in [1.29, 1.82) is 0 Å². The van der Waals surface area contributed by atoms with Crippen molar-refractivity contribution in [2.24, 2.45) is 5.73 Å². The number of rotatable bonds is 5.